The Morgan fingerprint density at radius 3 is 2.68 bits per heavy atom. The topological polar surface area (TPSA) is 47.5 Å². The predicted molar refractivity (Wildman–Crippen MR) is 72.4 cm³/mol. The molecule has 3 atom stereocenters. The number of morpholine rings is 1. The number of hydrogen-bond acceptors (Lipinski definition) is 5. The van der Waals surface area contributed by atoms with Crippen LogP contribution >= 0.6 is 0 Å². The Bertz CT molecular complexity index is 424. The lowest BCUT2D eigenvalue weighted by atomic mass is 10.0. The first kappa shape index (κ1) is 12.8. The first-order chi connectivity index (χ1) is 9.22. The third-order valence-corrected chi connectivity index (χ3v) is 3.77. The summed E-state index contributed by atoms with van der Waals surface area (Å²) in [5.41, 5.74) is 1.11. The molecule has 1 aromatic rings. The summed E-state index contributed by atoms with van der Waals surface area (Å²) in [5, 5.41) is 0. The molecule has 3 heterocycles. The van der Waals surface area contributed by atoms with Crippen LogP contribution in [-0.2, 0) is 9.47 Å². The van der Waals surface area contributed by atoms with Crippen molar-refractivity contribution < 1.29 is 9.47 Å². The fourth-order valence-corrected chi connectivity index (χ4v) is 2.89. The minimum atomic E-state index is 0.247. The Kier molecular flexibility index (Phi) is 3.66. The van der Waals surface area contributed by atoms with E-state index >= 15 is 0 Å². The van der Waals surface area contributed by atoms with Crippen LogP contribution in [0.3, 0.4) is 0 Å². The van der Waals surface area contributed by atoms with Crippen LogP contribution in [0.1, 0.15) is 31.9 Å². The zero-order chi connectivity index (χ0) is 13.2. The molecule has 19 heavy (non-hydrogen) atoms. The summed E-state index contributed by atoms with van der Waals surface area (Å²) in [4.78, 5) is 11.1. The number of rotatable bonds is 2. The molecule has 0 saturated carbocycles. The van der Waals surface area contributed by atoms with E-state index in [0.717, 1.165) is 44.2 Å². The van der Waals surface area contributed by atoms with Gasteiger partial charge in [-0.3, -0.25) is 0 Å². The van der Waals surface area contributed by atoms with E-state index in [0.29, 0.717) is 5.92 Å². The maximum Gasteiger partial charge on any atom is 0.132 e. The largest absolute Gasteiger partial charge is 0.381 e. The van der Waals surface area contributed by atoms with Crippen LogP contribution in [0.15, 0.2) is 12.4 Å². The molecule has 5 heteroatoms. The summed E-state index contributed by atoms with van der Waals surface area (Å²) in [6.07, 6.45) is 3.23. The Morgan fingerprint density at radius 2 is 2.00 bits per heavy atom. The third-order valence-electron chi connectivity index (χ3n) is 3.77. The zero-order valence-corrected chi connectivity index (χ0v) is 11.6. The molecule has 0 radical (unpaired) electrons. The Morgan fingerprint density at radius 1 is 1.21 bits per heavy atom. The molecular formula is C14H21N3O2. The predicted octanol–water partition coefficient (Wildman–Crippen LogP) is 1.59. The van der Waals surface area contributed by atoms with Gasteiger partial charge >= 0.3 is 0 Å². The molecule has 5 nitrogen and oxygen atoms in total. The van der Waals surface area contributed by atoms with Crippen molar-refractivity contribution in [3.05, 3.63) is 18.1 Å². The number of hydrogen-bond donors (Lipinski definition) is 0. The molecule has 0 bridgehead atoms. The van der Waals surface area contributed by atoms with E-state index < -0.39 is 0 Å². The molecule has 0 amide bonds. The first-order valence-electron chi connectivity index (χ1n) is 7.02. The van der Waals surface area contributed by atoms with E-state index in [1.807, 2.05) is 0 Å². The molecule has 0 aliphatic carbocycles. The van der Waals surface area contributed by atoms with Crippen molar-refractivity contribution in [2.24, 2.45) is 0 Å². The van der Waals surface area contributed by atoms with E-state index in [4.69, 9.17) is 9.47 Å². The van der Waals surface area contributed by atoms with Crippen molar-refractivity contribution in [1.82, 2.24) is 9.97 Å². The highest BCUT2D eigenvalue weighted by atomic mass is 16.5. The lowest BCUT2D eigenvalue weighted by Crippen LogP contribution is -2.45. The second-order valence-corrected chi connectivity index (χ2v) is 5.52. The van der Waals surface area contributed by atoms with Crippen LogP contribution in [0, 0.1) is 0 Å². The monoisotopic (exact) mass is 263 g/mol. The zero-order valence-electron chi connectivity index (χ0n) is 11.6. The summed E-state index contributed by atoms with van der Waals surface area (Å²) >= 11 is 0. The van der Waals surface area contributed by atoms with Gasteiger partial charge in [0.15, 0.2) is 0 Å². The molecule has 1 aromatic heterocycles. The van der Waals surface area contributed by atoms with Gasteiger partial charge in [-0.05, 0) is 20.3 Å². The smallest absolute Gasteiger partial charge is 0.132 e. The van der Waals surface area contributed by atoms with E-state index in [1.54, 1.807) is 6.33 Å². The van der Waals surface area contributed by atoms with Crippen LogP contribution in [-0.4, -0.2) is 48.5 Å². The maximum absolute atomic E-state index is 5.76. The van der Waals surface area contributed by atoms with Crippen molar-refractivity contribution in [2.45, 2.75) is 38.4 Å². The Hall–Kier alpha value is -1.20. The summed E-state index contributed by atoms with van der Waals surface area (Å²) < 4.78 is 11.2. The van der Waals surface area contributed by atoms with Gasteiger partial charge in [0.05, 0.1) is 24.5 Å². The van der Waals surface area contributed by atoms with Gasteiger partial charge in [-0.15, -0.1) is 0 Å². The third kappa shape index (κ3) is 2.87. The quantitative estimate of drug-likeness (QED) is 0.811. The van der Waals surface area contributed by atoms with Gasteiger partial charge in [0.2, 0.25) is 0 Å². The van der Waals surface area contributed by atoms with Crippen molar-refractivity contribution in [2.75, 3.05) is 31.2 Å². The number of ether oxygens (including phenoxy) is 2. The molecule has 2 saturated heterocycles. The standard InChI is InChI=1S/C14H21N3O2/c1-10-6-17(7-11(2)19-10)14-5-13(15-9-16-14)12-3-4-18-8-12/h5,9-12H,3-4,6-8H2,1-2H3/t10-,11+,12?. The Balaban J connectivity index is 1.78. The molecule has 2 fully saturated rings. The minimum absolute atomic E-state index is 0.247. The minimum Gasteiger partial charge on any atom is -0.381 e. The van der Waals surface area contributed by atoms with Crippen LogP contribution in [0.2, 0.25) is 0 Å². The summed E-state index contributed by atoms with van der Waals surface area (Å²) in [7, 11) is 0. The second-order valence-electron chi connectivity index (χ2n) is 5.52. The molecule has 2 aliphatic rings. The van der Waals surface area contributed by atoms with E-state index in [9.17, 15) is 0 Å². The van der Waals surface area contributed by atoms with Gasteiger partial charge in [-0.2, -0.15) is 0 Å². The van der Waals surface area contributed by atoms with Crippen LogP contribution < -0.4 is 4.90 Å². The fourth-order valence-electron chi connectivity index (χ4n) is 2.89. The molecule has 0 spiro atoms. The Labute approximate surface area is 113 Å². The fraction of sp³-hybridized carbons (Fsp3) is 0.714. The van der Waals surface area contributed by atoms with Crippen molar-refractivity contribution in [1.29, 1.82) is 0 Å². The van der Waals surface area contributed by atoms with E-state index in [1.165, 1.54) is 0 Å². The van der Waals surface area contributed by atoms with Crippen LogP contribution in [0.25, 0.3) is 0 Å². The molecule has 2 aliphatic heterocycles. The molecular weight excluding hydrogens is 242 g/mol. The second kappa shape index (κ2) is 5.43. The van der Waals surface area contributed by atoms with Crippen molar-refractivity contribution in [3.63, 3.8) is 0 Å². The summed E-state index contributed by atoms with van der Waals surface area (Å²) in [6.45, 7) is 7.62. The molecule has 104 valence electrons. The van der Waals surface area contributed by atoms with Gasteiger partial charge in [-0.25, -0.2) is 9.97 Å². The van der Waals surface area contributed by atoms with Crippen molar-refractivity contribution >= 4 is 5.82 Å². The lowest BCUT2D eigenvalue weighted by molar-refractivity contribution is -0.00547. The van der Waals surface area contributed by atoms with Gasteiger partial charge in [0.1, 0.15) is 12.1 Å². The van der Waals surface area contributed by atoms with E-state index in [2.05, 4.69) is 34.8 Å². The average Bonchev–Trinajstić information content (AvgIpc) is 2.92. The number of nitrogens with zero attached hydrogens (tertiary/aromatic N) is 3. The first-order valence-corrected chi connectivity index (χ1v) is 7.02. The molecule has 1 unspecified atom stereocenters. The van der Waals surface area contributed by atoms with E-state index in [-0.39, 0.29) is 12.2 Å². The summed E-state index contributed by atoms with van der Waals surface area (Å²) in [6, 6.07) is 2.12. The highest BCUT2D eigenvalue weighted by Gasteiger charge is 2.25. The van der Waals surface area contributed by atoms with Crippen LogP contribution in [0.4, 0.5) is 5.82 Å². The van der Waals surface area contributed by atoms with Gasteiger partial charge < -0.3 is 14.4 Å². The number of anilines is 1. The van der Waals surface area contributed by atoms with Gasteiger partial charge in [-0.1, -0.05) is 0 Å². The SMILES string of the molecule is C[C@@H]1CN(c2cc(C3CCOC3)ncn2)C[C@H](C)O1. The average molecular weight is 263 g/mol. The number of aromatic nitrogens is 2. The normalized spacial score (nSPS) is 31.7. The lowest BCUT2D eigenvalue weighted by Gasteiger charge is -2.36. The maximum atomic E-state index is 5.76. The highest BCUT2D eigenvalue weighted by molar-refractivity contribution is 5.40. The molecule has 0 N–H and O–H groups in total. The highest BCUT2D eigenvalue weighted by Crippen LogP contribution is 2.26. The van der Waals surface area contributed by atoms with Gasteiger partial charge in [0.25, 0.3) is 0 Å². The van der Waals surface area contributed by atoms with Crippen LogP contribution in [0.5, 0.6) is 0 Å². The van der Waals surface area contributed by atoms with Gasteiger partial charge in [0, 0.05) is 31.7 Å². The molecule has 0 aromatic carbocycles. The molecule has 3 rings (SSSR count). The summed E-state index contributed by atoms with van der Waals surface area (Å²) in [5.74, 6) is 1.44. The van der Waals surface area contributed by atoms with Crippen molar-refractivity contribution in [3.8, 4) is 0 Å².